The van der Waals surface area contributed by atoms with Crippen molar-refractivity contribution in [3.05, 3.63) is 45.9 Å². The predicted octanol–water partition coefficient (Wildman–Crippen LogP) is 9.23. The van der Waals surface area contributed by atoms with Crippen LogP contribution in [0, 0.1) is 23.2 Å². The molecule has 4 rings (SSSR count). The van der Waals surface area contributed by atoms with Gasteiger partial charge in [0.2, 0.25) is 0 Å². The first-order chi connectivity index (χ1) is 13.7. The zero-order chi connectivity index (χ0) is 19.4. The zero-order valence-electron chi connectivity index (χ0n) is 17.2. The summed E-state index contributed by atoms with van der Waals surface area (Å²) in [7, 11) is 0. The molecule has 0 nitrogen and oxygen atoms in total. The minimum Gasteiger partial charge on any atom is -0.0933 e. The number of rotatable bonds is 4. The van der Waals surface area contributed by atoms with Crippen molar-refractivity contribution < 1.29 is 0 Å². The van der Waals surface area contributed by atoms with Crippen LogP contribution >= 0.6 is 27.5 Å². The fourth-order valence-electron chi connectivity index (χ4n) is 6.83. The molecule has 0 unspecified atom stereocenters. The van der Waals surface area contributed by atoms with Crippen molar-refractivity contribution in [1.29, 1.82) is 0 Å². The second-order valence-electron chi connectivity index (χ2n) is 9.86. The van der Waals surface area contributed by atoms with Crippen LogP contribution in [0.3, 0.4) is 0 Å². The van der Waals surface area contributed by atoms with Crippen molar-refractivity contribution >= 4 is 27.5 Å². The van der Waals surface area contributed by atoms with Gasteiger partial charge in [0.15, 0.2) is 0 Å². The van der Waals surface area contributed by atoms with Gasteiger partial charge in [0.25, 0.3) is 0 Å². The summed E-state index contributed by atoms with van der Waals surface area (Å²) >= 11 is 9.75. The van der Waals surface area contributed by atoms with Gasteiger partial charge in [-0.1, -0.05) is 77.8 Å². The molecule has 0 atom stereocenters. The number of allylic oxidation sites excluding steroid dienone is 1. The predicted molar refractivity (Wildman–Crippen MR) is 125 cm³/mol. The highest BCUT2D eigenvalue weighted by molar-refractivity contribution is 9.10. The molecular formula is C26H36BrCl. The monoisotopic (exact) mass is 462 g/mol. The number of hydrogen-bond acceptors (Lipinski definition) is 0. The van der Waals surface area contributed by atoms with Crippen molar-refractivity contribution in [2.75, 3.05) is 0 Å². The lowest BCUT2D eigenvalue weighted by atomic mass is 9.57. The van der Waals surface area contributed by atoms with Crippen LogP contribution in [0.2, 0.25) is 0 Å². The Bertz CT molecular complexity index is 627. The van der Waals surface area contributed by atoms with Gasteiger partial charge < -0.3 is 0 Å². The van der Waals surface area contributed by atoms with E-state index in [4.69, 9.17) is 11.6 Å². The fraction of sp³-hybridized carbons (Fsp3) is 0.692. The van der Waals surface area contributed by atoms with E-state index in [-0.39, 0.29) is 0 Å². The first-order valence-electron chi connectivity index (χ1n) is 11.7. The Balaban J connectivity index is 1.37. The molecular weight excluding hydrogens is 428 g/mol. The van der Waals surface area contributed by atoms with E-state index >= 15 is 0 Å². The van der Waals surface area contributed by atoms with Crippen molar-refractivity contribution in [2.24, 2.45) is 23.2 Å². The molecule has 0 spiro atoms. The molecule has 3 aliphatic carbocycles. The lowest BCUT2D eigenvalue weighted by Gasteiger charge is -2.48. The molecule has 3 aliphatic rings. The third-order valence-electron chi connectivity index (χ3n) is 8.55. The number of halogens is 2. The fourth-order valence-corrected chi connectivity index (χ4v) is 7.34. The first-order valence-corrected chi connectivity index (χ1v) is 13.0. The molecule has 2 heteroatoms. The molecule has 0 bridgehead atoms. The van der Waals surface area contributed by atoms with Crippen LogP contribution in [0.15, 0.2) is 40.3 Å². The van der Waals surface area contributed by atoms with E-state index in [0.717, 1.165) is 23.7 Å². The molecule has 28 heavy (non-hydrogen) atoms. The van der Waals surface area contributed by atoms with Crippen LogP contribution in [0.1, 0.15) is 95.0 Å². The second-order valence-corrected chi connectivity index (χ2v) is 11.0. The highest BCUT2D eigenvalue weighted by Gasteiger charge is 2.42. The maximum atomic E-state index is 6.18. The summed E-state index contributed by atoms with van der Waals surface area (Å²) < 4.78 is 1.19. The molecule has 154 valence electrons. The Labute approximate surface area is 185 Å². The molecule has 0 saturated heterocycles. The van der Waals surface area contributed by atoms with Gasteiger partial charge in [-0.3, -0.25) is 0 Å². The normalized spacial score (nSPS) is 35.3. The highest BCUT2D eigenvalue weighted by Crippen LogP contribution is 2.54. The Morgan fingerprint density at radius 3 is 2.00 bits per heavy atom. The molecule has 1 aromatic rings. The lowest BCUT2D eigenvalue weighted by Crippen LogP contribution is -2.37. The van der Waals surface area contributed by atoms with Gasteiger partial charge in [0.05, 0.1) is 0 Å². The van der Waals surface area contributed by atoms with E-state index in [0.29, 0.717) is 5.41 Å². The van der Waals surface area contributed by atoms with Crippen molar-refractivity contribution in [3.63, 3.8) is 0 Å². The molecule has 0 amide bonds. The van der Waals surface area contributed by atoms with E-state index in [1.807, 2.05) is 5.54 Å². The third-order valence-corrected chi connectivity index (χ3v) is 9.21. The van der Waals surface area contributed by atoms with Crippen LogP contribution in [0.4, 0.5) is 0 Å². The largest absolute Gasteiger partial charge is 0.0933 e. The summed E-state index contributed by atoms with van der Waals surface area (Å²) in [6, 6.07) is 9.04. The average molecular weight is 464 g/mol. The Morgan fingerprint density at radius 1 is 0.786 bits per heavy atom. The standard InChI is InChI=1S/C26H36BrCl/c27-25-12-8-22(9-13-25)21-6-10-24(11-7-21)26(18-19-28)16-14-23(15-17-26)20-4-2-1-3-5-20/h8-9,12-13,18-21,23-24H,1-7,10-11,14-17H2. The highest BCUT2D eigenvalue weighted by atomic mass is 79.9. The average Bonchev–Trinajstić information content (AvgIpc) is 2.76. The van der Waals surface area contributed by atoms with E-state index < -0.39 is 0 Å². The molecule has 0 aliphatic heterocycles. The molecule has 0 N–H and O–H groups in total. The smallest absolute Gasteiger partial charge is 0.0175 e. The van der Waals surface area contributed by atoms with E-state index in [2.05, 4.69) is 46.3 Å². The Hall–Kier alpha value is -0.270. The molecule has 3 saturated carbocycles. The maximum absolute atomic E-state index is 6.18. The van der Waals surface area contributed by atoms with Crippen LogP contribution in [0.25, 0.3) is 0 Å². The van der Waals surface area contributed by atoms with E-state index in [9.17, 15) is 0 Å². The summed E-state index contributed by atoms with van der Waals surface area (Å²) in [4.78, 5) is 0. The van der Waals surface area contributed by atoms with Crippen LogP contribution in [0.5, 0.6) is 0 Å². The van der Waals surface area contributed by atoms with Gasteiger partial charge in [-0.05, 0) is 98.1 Å². The van der Waals surface area contributed by atoms with Crippen LogP contribution < -0.4 is 0 Å². The molecule has 1 aromatic carbocycles. The zero-order valence-corrected chi connectivity index (χ0v) is 19.6. The molecule has 0 heterocycles. The third kappa shape index (κ3) is 4.72. The van der Waals surface area contributed by atoms with Gasteiger partial charge in [0.1, 0.15) is 0 Å². The number of hydrogen-bond donors (Lipinski definition) is 0. The van der Waals surface area contributed by atoms with Gasteiger partial charge in [-0.25, -0.2) is 0 Å². The topological polar surface area (TPSA) is 0 Å². The molecule has 3 fully saturated rings. The van der Waals surface area contributed by atoms with Crippen LogP contribution in [-0.4, -0.2) is 0 Å². The summed E-state index contributed by atoms with van der Waals surface area (Å²) in [5.74, 6) is 3.61. The van der Waals surface area contributed by atoms with Gasteiger partial charge in [-0.2, -0.15) is 0 Å². The molecule has 0 aromatic heterocycles. The summed E-state index contributed by atoms with van der Waals surface area (Å²) in [5.41, 5.74) is 3.77. The first kappa shape index (κ1) is 21.0. The molecule has 0 radical (unpaired) electrons. The van der Waals surface area contributed by atoms with Crippen molar-refractivity contribution in [1.82, 2.24) is 0 Å². The van der Waals surface area contributed by atoms with Gasteiger partial charge in [-0.15, -0.1) is 0 Å². The van der Waals surface area contributed by atoms with E-state index in [1.54, 1.807) is 0 Å². The van der Waals surface area contributed by atoms with Crippen molar-refractivity contribution in [2.45, 2.75) is 89.4 Å². The van der Waals surface area contributed by atoms with Gasteiger partial charge in [0, 0.05) is 10.0 Å². The SMILES string of the molecule is ClC=CC1(C2CCC(c3ccc(Br)cc3)CC2)CCC(C2CCCCC2)CC1. The second kappa shape index (κ2) is 9.69. The minimum absolute atomic E-state index is 0.387. The van der Waals surface area contributed by atoms with Crippen molar-refractivity contribution in [3.8, 4) is 0 Å². The summed E-state index contributed by atoms with van der Waals surface area (Å²) in [6.07, 6.45) is 20.9. The summed E-state index contributed by atoms with van der Waals surface area (Å²) in [5, 5.41) is 0. The Morgan fingerprint density at radius 2 is 1.39 bits per heavy atom. The Kier molecular flexibility index (Phi) is 7.26. The lowest BCUT2D eigenvalue weighted by molar-refractivity contribution is 0.0663. The maximum Gasteiger partial charge on any atom is 0.0175 e. The number of benzene rings is 1. The van der Waals surface area contributed by atoms with Crippen LogP contribution in [-0.2, 0) is 0 Å². The quantitative estimate of drug-likeness (QED) is 0.417. The summed E-state index contributed by atoms with van der Waals surface area (Å²) in [6.45, 7) is 0. The minimum atomic E-state index is 0.387. The van der Waals surface area contributed by atoms with Gasteiger partial charge >= 0.3 is 0 Å². The van der Waals surface area contributed by atoms with E-state index in [1.165, 1.54) is 93.5 Å².